The van der Waals surface area contributed by atoms with Crippen LogP contribution in [0.4, 0.5) is 4.39 Å². The van der Waals surface area contributed by atoms with Gasteiger partial charge in [-0.1, -0.05) is 6.92 Å². The predicted molar refractivity (Wildman–Crippen MR) is 81.1 cm³/mol. The number of hydrogen-bond donors (Lipinski definition) is 2. The number of piperazine rings is 1. The van der Waals surface area contributed by atoms with Gasteiger partial charge in [-0.3, -0.25) is 0 Å². The molecule has 1 heterocycles. The third kappa shape index (κ3) is 4.95. The smallest absolute Gasteiger partial charge is 0.125 e. The number of aliphatic hydroxyl groups excluding tert-OH is 1. The van der Waals surface area contributed by atoms with E-state index in [4.69, 9.17) is 4.74 Å². The Morgan fingerprint density at radius 1 is 1.38 bits per heavy atom. The van der Waals surface area contributed by atoms with Crippen molar-refractivity contribution in [3.63, 3.8) is 0 Å². The van der Waals surface area contributed by atoms with E-state index in [1.807, 2.05) is 6.92 Å². The van der Waals surface area contributed by atoms with Crippen LogP contribution in [0, 0.1) is 5.82 Å². The predicted octanol–water partition coefficient (Wildman–Crippen LogP) is 1.94. The minimum absolute atomic E-state index is 0.338. The van der Waals surface area contributed by atoms with E-state index in [1.165, 1.54) is 12.1 Å². The van der Waals surface area contributed by atoms with Crippen LogP contribution in [0.3, 0.4) is 0 Å². The van der Waals surface area contributed by atoms with E-state index >= 15 is 0 Å². The average molecular weight is 296 g/mol. The van der Waals surface area contributed by atoms with E-state index in [-0.39, 0.29) is 5.82 Å². The summed E-state index contributed by atoms with van der Waals surface area (Å²) < 4.78 is 19.0. The molecular weight excluding hydrogens is 271 g/mol. The molecule has 1 unspecified atom stereocenters. The van der Waals surface area contributed by atoms with Crippen LogP contribution in [-0.4, -0.2) is 49.3 Å². The summed E-state index contributed by atoms with van der Waals surface area (Å²) in [7, 11) is 0. The van der Waals surface area contributed by atoms with E-state index in [9.17, 15) is 9.50 Å². The second-order valence-corrected chi connectivity index (χ2v) is 5.43. The normalized spacial score (nSPS) is 17.7. The van der Waals surface area contributed by atoms with Crippen molar-refractivity contribution in [3.05, 3.63) is 29.6 Å². The van der Waals surface area contributed by atoms with E-state index in [0.717, 1.165) is 39.1 Å². The van der Waals surface area contributed by atoms with E-state index in [0.29, 0.717) is 24.3 Å². The highest BCUT2D eigenvalue weighted by molar-refractivity contribution is 5.35. The van der Waals surface area contributed by atoms with Crippen LogP contribution < -0.4 is 10.1 Å². The van der Waals surface area contributed by atoms with Crippen molar-refractivity contribution in [3.8, 4) is 5.75 Å². The summed E-state index contributed by atoms with van der Waals surface area (Å²) in [6, 6.07) is 4.36. The molecule has 1 saturated heterocycles. The average Bonchev–Trinajstić information content (AvgIpc) is 2.52. The van der Waals surface area contributed by atoms with Gasteiger partial charge in [-0.05, 0) is 31.0 Å². The fourth-order valence-corrected chi connectivity index (χ4v) is 2.52. The molecule has 118 valence electrons. The van der Waals surface area contributed by atoms with Crippen molar-refractivity contribution in [2.75, 3.05) is 39.3 Å². The van der Waals surface area contributed by atoms with Gasteiger partial charge in [-0.25, -0.2) is 4.39 Å². The third-order valence-electron chi connectivity index (χ3n) is 3.72. The lowest BCUT2D eigenvalue weighted by atomic mass is 10.0. The minimum atomic E-state index is -0.692. The maximum absolute atomic E-state index is 13.4. The lowest BCUT2D eigenvalue weighted by Crippen LogP contribution is -2.44. The Morgan fingerprint density at radius 3 is 2.86 bits per heavy atom. The summed E-state index contributed by atoms with van der Waals surface area (Å²) >= 11 is 0. The molecule has 2 N–H and O–H groups in total. The van der Waals surface area contributed by atoms with Crippen LogP contribution in [0.25, 0.3) is 0 Å². The molecule has 0 amide bonds. The summed E-state index contributed by atoms with van der Waals surface area (Å²) in [5.74, 6) is 0.251. The van der Waals surface area contributed by atoms with Crippen LogP contribution in [0.2, 0.25) is 0 Å². The van der Waals surface area contributed by atoms with Crippen LogP contribution in [-0.2, 0) is 0 Å². The van der Waals surface area contributed by atoms with E-state index < -0.39 is 6.10 Å². The maximum atomic E-state index is 13.4. The molecule has 1 aliphatic heterocycles. The topological polar surface area (TPSA) is 44.7 Å². The molecule has 21 heavy (non-hydrogen) atoms. The van der Waals surface area contributed by atoms with Crippen molar-refractivity contribution in [2.24, 2.45) is 0 Å². The number of hydrogen-bond acceptors (Lipinski definition) is 4. The number of rotatable bonds is 7. The lowest BCUT2D eigenvalue weighted by molar-refractivity contribution is 0.132. The molecule has 5 heteroatoms. The summed E-state index contributed by atoms with van der Waals surface area (Å²) in [5, 5.41) is 13.7. The molecule has 0 aromatic heterocycles. The molecule has 0 spiro atoms. The number of halogens is 1. The summed E-state index contributed by atoms with van der Waals surface area (Å²) in [4.78, 5) is 2.31. The molecular formula is C16H25FN2O2. The van der Waals surface area contributed by atoms with Gasteiger partial charge in [-0.2, -0.15) is 0 Å². The zero-order valence-corrected chi connectivity index (χ0v) is 12.6. The molecule has 0 radical (unpaired) electrons. The van der Waals surface area contributed by atoms with Gasteiger partial charge in [0.1, 0.15) is 11.6 Å². The van der Waals surface area contributed by atoms with Gasteiger partial charge in [0.2, 0.25) is 0 Å². The Morgan fingerprint density at radius 2 is 2.14 bits per heavy atom. The van der Waals surface area contributed by atoms with Gasteiger partial charge in [0, 0.05) is 38.3 Å². The Balaban J connectivity index is 1.95. The molecule has 1 aromatic rings. The quantitative estimate of drug-likeness (QED) is 0.807. The standard InChI is InChI=1S/C16H25FN2O2/c1-2-11-21-16-4-3-13(17)12-14(16)15(20)5-8-19-9-6-18-7-10-19/h3-4,12,15,18,20H,2,5-11H2,1H3. The van der Waals surface area contributed by atoms with Crippen LogP contribution >= 0.6 is 0 Å². The molecule has 0 bridgehead atoms. The fourth-order valence-electron chi connectivity index (χ4n) is 2.52. The van der Waals surface area contributed by atoms with E-state index in [2.05, 4.69) is 10.2 Å². The molecule has 1 aromatic carbocycles. The number of ether oxygens (including phenoxy) is 1. The molecule has 0 aliphatic carbocycles. The number of aliphatic hydroxyl groups is 1. The zero-order chi connectivity index (χ0) is 15.1. The molecule has 1 fully saturated rings. The highest BCUT2D eigenvalue weighted by Crippen LogP contribution is 2.28. The number of nitrogens with one attached hydrogen (secondary N) is 1. The molecule has 1 atom stereocenters. The molecule has 1 aliphatic rings. The van der Waals surface area contributed by atoms with Gasteiger partial charge in [0.15, 0.2) is 0 Å². The van der Waals surface area contributed by atoms with Crippen molar-refractivity contribution in [1.82, 2.24) is 10.2 Å². The second-order valence-electron chi connectivity index (χ2n) is 5.43. The summed E-state index contributed by atoms with van der Waals surface area (Å²) in [5.41, 5.74) is 0.554. The number of nitrogens with zero attached hydrogens (tertiary/aromatic N) is 1. The Kier molecular flexibility index (Phi) is 6.42. The zero-order valence-electron chi connectivity index (χ0n) is 12.6. The number of benzene rings is 1. The molecule has 0 saturated carbocycles. The van der Waals surface area contributed by atoms with Crippen molar-refractivity contribution < 1.29 is 14.2 Å². The van der Waals surface area contributed by atoms with Crippen molar-refractivity contribution in [1.29, 1.82) is 0 Å². The first-order valence-electron chi connectivity index (χ1n) is 7.74. The van der Waals surface area contributed by atoms with Gasteiger partial charge >= 0.3 is 0 Å². The van der Waals surface area contributed by atoms with Crippen LogP contribution in [0.1, 0.15) is 31.4 Å². The van der Waals surface area contributed by atoms with Gasteiger partial charge in [0.25, 0.3) is 0 Å². The summed E-state index contributed by atoms with van der Waals surface area (Å²) in [6.07, 6.45) is 0.780. The SMILES string of the molecule is CCCOc1ccc(F)cc1C(O)CCN1CCNCC1. The highest BCUT2D eigenvalue weighted by atomic mass is 19.1. The highest BCUT2D eigenvalue weighted by Gasteiger charge is 2.17. The monoisotopic (exact) mass is 296 g/mol. The molecule has 4 nitrogen and oxygen atoms in total. The second kappa shape index (κ2) is 8.32. The first-order valence-corrected chi connectivity index (χ1v) is 7.74. The van der Waals surface area contributed by atoms with Crippen molar-refractivity contribution >= 4 is 0 Å². The van der Waals surface area contributed by atoms with Gasteiger partial charge < -0.3 is 20.1 Å². The first-order chi connectivity index (χ1) is 10.2. The van der Waals surface area contributed by atoms with E-state index in [1.54, 1.807) is 6.07 Å². The fraction of sp³-hybridized carbons (Fsp3) is 0.625. The third-order valence-corrected chi connectivity index (χ3v) is 3.72. The first kappa shape index (κ1) is 16.2. The van der Waals surface area contributed by atoms with Crippen molar-refractivity contribution in [2.45, 2.75) is 25.9 Å². The van der Waals surface area contributed by atoms with Crippen LogP contribution in [0.5, 0.6) is 5.75 Å². The Hall–Kier alpha value is -1.17. The lowest BCUT2D eigenvalue weighted by Gasteiger charge is -2.28. The summed E-state index contributed by atoms with van der Waals surface area (Å²) in [6.45, 7) is 7.37. The van der Waals surface area contributed by atoms with Gasteiger partial charge in [0.05, 0.1) is 12.7 Å². The maximum Gasteiger partial charge on any atom is 0.125 e. The van der Waals surface area contributed by atoms with Crippen LogP contribution in [0.15, 0.2) is 18.2 Å². The largest absolute Gasteiger partial charge is 0.493 e. The van der Waals surface area contributed by atoms with Gasteiger partial charge in [-0.15, -0.1) is 0 Å². The minimum Gasteiger partial charge on any atom is -0.493 e. The Bertz CT molecular complexity index is 436. The Labute approximate surface area is 125 Å². The molecule has 2 rings (SSSR count).